The zero-order valence-electron chi connectivity index (χ0n) is 14.6. The summed E-state index contributed by atoms with van der Waals surface area (Å²) in [5.74, 6) is -0.709. The van der Waals surface area contributed by atoms with Crippen LogP contribution in [0.5, 0.6) is 0 Å². The predicted molar refractivity (Wildman–Crippen MR) is 105 cm³/mol. The van der Waals surface area contributed by atoms with Crippen LogP contribution in [0.4, 0.5) is 10.1 Å². The number of nitrogens with one attached hydrogen (secondary N) is 2. The fourth-order valence-corrected chi connectivity index (χ4v) is 3.25. The molecule has 0 aliphatic carbocycles. The van der Waals surface area contributed by atoms with Gasteiger partial charge in [-0.15, -0.1) is 11.3 Å². The van der Waals surface area contributed by atoms with E-state index in [4.69, 9.17) is 0 Å². The molecular formula is C21H19FN2O2S. The number of amides is 2. The van der Waals surface area contributed by atoms with Crippen LogP contribution in [0, 0.1) is 5.82 Å². The second-order valence-electron chi connectivity index (χ2n) is 6.02. The Labute approximate surface area is 161 Å². The minimum atomic E-state index is -0.386. The van der Waals surface area contributed by atoms with Gasteiger partial charge in [-0.25, -0.2) is 4.39 Å². The molecule has 6 heteroatoms. The first-order valence-electron chi connectivity index (χ1n) is 8.55. The quantitative estimate of drug-likeness (QED) is 0.637. The zero-order valence-corrected chi connectivity index (χ0v) is 15.4. The SMILES string of the molecule is O=C(CCc1cccs1)NCc1cccc(NC(=O)c2ccc(F)cc2)c1. The lowest BCUT2D eigenvalue weighted by atomic mass is 10.1. The van der Waals surface area contributed by atoms with Crippen LogP contribution in [-0.4, -0.2) is 11.8 Å². The van der Waals surface area contributed by atoms with E-state index in [0.29, 0.717) is 24.2 Å². The first kappa shape index (κ1) is 18.8. The molecule has 3 aromatic rings. The van der Waals surface area contributed by atoms with E-state index in [1.54, 1.807) is 23.5 Å². The second-order valence-corrected chi connectivity index (χ2v) is 7.05. The maximum absolute atomic E-state index is 12.9. The van der Waals surface area contributed by atoms with Crippen molar-refractivity contribution in [3.05, 3.63) is 87.9 Å². The average Bonchev–Trinajstić information content (AvgIpc) is 3.19. The molecule has 0 fully saturated rings. The van der Waals surface area contributed by atoms with E-state index in [1.165, 1.54) is 29.1 Å². The summed E-state index contributed by atoms with van der Waals surface area (Å²) in [6.07, 6.45) is 1.18. The third kappa shape index (κ3) is 5.76. The standard InChI is InChI=1S/C21H19FN2O2S/c22-17-8-6-16(7-9-17)21(26)24-18-4-1-3-15(13-18)14-23-20(25)11-10-19-5-2-12-27-19/h1-9,12-13H,10-11,14H2,(H,23,25)(H,24,26). The minimum Gasteiger partial charge on any atom is -0.352 e. The van der Waals surface area contributed by atoms with Gasteiger partial charge in [-0.2, -0.15) is 0 Å². The van der Waals surface area contributed by atoms with E-state index >= 15 is 0 Å². The number of anilines is 1. The van der Waals surface area contributed by atoms with Gasteiger partial charge in [0.25, 0.3) is 5.91 Å². The highest BCUT2D eigenvalue weighted by Gasteiger charge is 2.07. The van der Waals surface area contributed by atoms with Gasteiger partial charge in [0.15, 0.2) is 0 Å². The van der Waals surface area contributed by atoms with E-state index in [2.05, 4.69) is 10.6 Å². The third-order valence-corrected chi connectivity index (χ3v) is 4.90. The highest BCUT2D eigenvalue weighted by molar-refractivity contribution is 7.09. The van der Waals surface area contributed by atoms with Crippen LogP contribution in [-0.2, 0) is 17.8 Å². The predicted octanol–water partition coefficient (Wildman–Crippen LogP) is 4.39. The van der Waals surface area contributed by atoms with Crippen LogP contribution in [0.15, 0.2) is 66.0 Å². The van der Waals surface area contributed by atoms with E-state index in [0.717, 1.165) is 12.0 Å². The number of benzene rings is 2. The molecule has 0 unspecified atom stereocenters. The van der Waals surface area contributed by atoms with Gasteiger partial charge in [0.2, 0.25) is 5.91 Å². The van der Waals surface area contributed by atoms with Crippen molar-refractivity contribution in [2.45, 2.75) is 19.4 Å². The molecule has 0 saturated carbocycles. The number of halogens is 1. The highest BCUT2D eigenvalue weighted by atomic mass is 32.1. The molecule has 0 aliphatic heterocycles. The van der Waals surface area contributed by atoms with Gasteiger partial charge in [-0.05, 0) is 59.8 Å². The van der Waals surface area contributed by atoms with Gasteiger partial charge in [0.1, 0.15) is 5.82 Å². The second kappa shape index (κ2) is 9.09. The Bertz CT molecular complexity index is 908. The Morgan fingerprint density at radius 1 is 1.00 bits per heavy atom. The Hall–Kier alpha value is -2.99. The monoisotopic (exact) mass is 382 g/mol. The van der Waals surface area contributed by atoms with E-state index in [1.807, 2.05) is 29.6 Å². The summed E-state index contributed by atoms with van der Waals surface area (Å²) in [6.45, 7) is 0.392. The summed E-state index contributed by atoms with van der Waals surface area (Å²) in [6, 6.07) is 16.6. The summed E-state index contributed by atoms with van der Waals surface area (Å²) in [5.41, 5.74) is 1.88. The zero-order chi connectivity index (χ0) is 19.1. The minimum absolute atomic E-state index is 0.0100. The topological polar surface area (TPSA) is 58.2 Å². The normalized spacial score (nSPS) is 10.4. The molecule has 0 aliphatic rings. The summed E-state index contributed by atoms with van der Waals surface area (Å²) in [7, 11) is 0. The molecule has 1 heterocycles. The summed E-state index contributed by atoms with van der Waals surface area (Å²) >= 11 is 1.64. The van der Waals surface area contributed by atoms with Crippen LogP contribution in [0.3, 0.4) is 0 Å². The van der Waals surface area contributed by atoms with Crippen LogP contribution >= 0.6 is 11.3 Å². The first-order chi connectivity index (χ1) is 13.1. The fraction of sp³-hybridized carbons (Fsp3) is 0.143. The maximum Gasteiger partial charge on any atom is 0.255 e. The van der Waals surface area contributed by atoms with Crippen molar-refractivity contribution in [2.24, 2.45) is 0 Å². The highest BCUT2D eigenvalue weighted by Crippen LogP contribution is 2.14. The summed E-state index contributed by atoms with van der Waals surface area (Å²) < 4.78 is 12.9. The number of carbonyl (C=O) groups is 2. The first-order valence-corrected chi connectivity index (χ1v) is 9.43. The van der Waals surface area contributed by atoms with Crippen LogP contribution in [0.25, 0.3) is 0 Å². The smallest absolute Gasteiger partial charge is 0.255 e. The number of rotatable bonds is 7. The Morgan fingerprint density at radius 3 is 2.56 bits per heavy atom. The molecule has 2 amide bonds. The third-order valence-electron chi connectivity index (χ3n) is 3.96. The van der Waals surface area contributed by atoms with Gasteiger partial charge >= 0.3 is 0 Å². The Kier molecular flexibility index (Phi) is 6.33. The fourth-order valence-electron chi connectivity index (χ4n) is 2.54. The van der Waals surface area contributed by atoms with Crippen LogP contribution < -0.4 is 10.6 Å². The molecule has 0 saturated heterocycles. The molecule has 2 N–H and O–H groups in total. The van der Waals surface area contributed by atoms with E-state index < -0.39 is 0 Å². The van der Waals surface area contributed by atoms with Crippen molar-refractivity contribution in [1.82, 2.24) is 5.32 Å². The van der Waals surface area contributed by atoms with Crippen LogP contribution in [0.2, 0.25) is 0 Å². The Morgan fingerprint density at radius 2 is 1.81 bits per heavy atom. The molecule has 4 nitrogen and oxygen atoms in total. The number of hydrogen-bond donors (Lipinski definition) is 2. The van der Waals surface area contributed by atoms with Gasteiger partial charge in [-0.1, -0.05) is 18.2 Å². The molecule has 138 valence electrons. The number of hydrogen-bond acceptors (Lipinski definition) is 3. The Balaban J connectivity index is 1.51. The molecule has 0 bridgehead atoms. The van der Waals surface area contributed by atoms with Crippen molar-refractivity contribution < 1.29 is 14.0 Å². The lowest BCUT2D eigenvalue weighted by Gasteiger charge is -2.09. The lowest BCUT2D eigenvalue weighted by molar-refractivity contribution is -0.121. The van der Waals surface area contributed by atoms with E-state index in [9.17, 15) is 14.0 Å². The van der Waals surface area contributed by atoms with Gasteiger partial charge in [0, 0.05) is 29.1 Å². The number of aryl methyl sites for hydroxylation is 1. The molecule has 0 atom stereocenters. The van der Waals surface area contributed by atoms with Gasteiger partial charge < -0.3 is 10.6 Å². The summed E-state index contributed by atoms with van der Waals surface area (Å²) in [4.78, 5) is 25.4. The molecule has 3 rings (SSSR count). The van der Waals surface area contributed by atoms with Crippen molar-refractivity contribution >= 4 is 28.8 Å². The number of thiophene rings is 1. The van der Waals surface area contributed by atoms with Crippen molar-refractivity contribution in [1.29, 1.82) is 0 Å². The van der Waals surface area contributed by atoms with Gasteiger partial charge in [-0.3, -0.25) is 9.59 Å². The average molecular weight is 382 g/mol. The van der Waals surface area contributed by atoms with Crippen molar-refractivity contribution in [2.75, 3.05) is 5.32 Å². The molecular weight excluding hydrogens is 363 g/mol. The lowest BCUT2D eigenvalue weighted by Crippen LogP contribution is -2.23. The van der Waals surface area contributed by atoms with E-state index in [-0.39, 0.29) is 17.6 Å². The molecule has 2 aromatic carbocycles. The largest absolute Gasteiger partial charge is 0.352 e. The molecule has 1 aromatic heterocycles. The molecule has 0 radical (unpaired) electrons. The molecule has 0 spiro atoms. The maximum atomic E-state index is 12.9. The number of carbonyl (C=O) groups excluding carboxylic acids is 2. The van der Waals surface area contributed by atoms with Gasteiger partial charge in [0.05, 0.1) is 0 Å². The molecule has 27 heavy (non-hydrogen) atoms. The van der Waals surface area contributed by atoms with Crippen molar-refractivity contribution in [3.63, 3.8) is 0 Å². The van der Waals surface area contributed by atoms with Crippen molar-refractivity contribution in [3.8, 4) is 0 Å². The summed E-state index contributed by atoms with van der Waals surface area (Å²) in [5, 5.41) is 7.67. The van der Waals surface area contributed by atoms with Crippen LogP contribution in [0.1, 0.15) is 27.2 Å².